The number of nitrogens with one attached hydrogen (secondary N) is 2. The third-order valence-corrected chi connectivity index (χ3v) is 5.05. The normalized spacial score (nSPS) is 11.2. The van der Waals surface area contributed by atoms with Crippen molar-refractivity contribution < 1.29 is 19.1 Å². The topological polar surface area (TPSA) is 94.5 Å². The van der Waals surface area contributed by atoms with Crippen LogP contribution in [0.4, 0.5) is 11.5 Å². The molecule has 35 heavy (non-hydrogen) atoms. The summed E-state index contributed by atoms with van der Waals surface area (Å²) in [6, 6.07) is 12.5. The van der Waals surface area contributed by atoms with E-state index < -0.39 is 0 Å². The summed E-state index contributed by atoms with van der Waals surface area (Å²) in [6.07, 6.45) is 1.93. The molecule has 8 nitrogen and oxygen atoms in total. The zero-order valence-electron chi connectivity index (χ0n) is 20.6. The van der Waals surface area contributed by atoms with Crippen molar-refractivity contribution in [3.63, 3.8) is 0 Å². The van der Waals surface area contributed by atoms with Gasteiger partial charge in [0.15, 0.2) is 5.82 Å². The molecule has 0 saturated heterocycles. The molecule has 2 N–H and O–H groups in total. The van der Waals surface area contributed by atoms with Gasteiger partial charge in [0.2, 0.25) is 5.91 Å². The minimum Gasteiger partial charge on any atom is -0.488 e. The van der Waals surface area contributed by atoms with Crippen LogP contribution >= 0.6 is 0 Å². The van der Waals surface area contributed by atoms with Gasteiger partial charge in [-0.1, -0.05) is 24.8 Å². The van der Waals surface area contributed by atoms with E-state index in [1.165, 1.54) is 0 Å². The predicted molar refractivity (Wildman–Crippen MR) is 136 cm³/mol. The van der Waals surface area contributed by atoms with Crippen molar-refractivity contribution in [1.29, 1.82) is 0 Å². The maximum absolute atomic E-state index is 12.9. The smallest absolute Gasteiger partial charge is 0.257 e. The molecule has 3 aromatic rings. The minimum absolute atomic E-state index is 0.0585. The molecule has 8 heteroatoms. The Hall–Kier alpha value is -4.09. The summed E-state index contributed by atoms with van der Waals surface area (Å²) in [6.45, 7) is 6.02. The van der Waals surface area contributed by atoms with Gasteiger partial charge in [-0.05, 0) is 49.7 Å². The lowest BCUT2D eigenvalue weighted by Crippen LogP contribution is -2.19. The second-order valence-corrected chi connectivity index (χ2v) is 8.14. The molecule has 0 saturated carbocycles. The first-order chi connectivity index (χ1) is 16.8. The highest BCUT2D eigenvalue weighted by Gasteiger charge is 2.13. The highest BCUT2D eigenvalue weighted by atomic mass is 16.5. The highest BCUT2D eigenvalue weighted by Crippen LogP contribution is 2.21. The molecule has 0 fully saturated rings. The maximum Gasteiger partial charge on any atom is 0.257 e. The van der Waals surface area contributed by atoms with Gasteiger partial charge < -0.3 is 20.1 Å². The molecule has 0 aliphatic carbocycles. The van der Waals surface area contributed by atoms with Crippen LogP contribution in [-0.2, 0) is 16.6 Å². The number of aromatic nitrogens is 2. The van der Waals surface area contributed by atoms with E-state index in [4.69, 9.17) is 9.47 Å². The molecule has 0 unspecified atom stereocenters. The van der Waals surface area contributed by atoms with Gasteiger partial charge in [0, 0.05) is 55.2 Å². The van der Waals surface area contributed by atoms with Gasteiger partial charge in [-0.2, -0.15) is 5.10 Å². The molecule has 2 amide bonds. The zero-order chi connectivity index (χ0) is 25.4. The first-order valence-electron chi connectivity index (χ1n) is 11.3. The van der Waals surface area contributed by atoms with Crippen LogP contribution in [0.15, 0.2) is 48.7 Å². The Bertz CT molecular complexity index is 1270. The number of benzene rings is 2. The van der Waals surface area contributed by atoms with Crippen molar-refractivity contribution in [2.75, 3.05) is 24.4 Å². The van der Waals surface area contributed by atoms with Crippen molar-refractivity contribution in [3.05, 3.63) is 70.9 Å². The first kappa shape index (κ1) is 25.5. The number of nitrogens with zero attached hydrogens (tertiary/aromatic N) is 2. The number of aryl methyl sites for hydroxylation is 2. The molecular formula is C27H30N4O4. The summed E-state index contributed by atoms with van der Waals surface area (Å²) in [5.74, 6) is 6.80. The summed E-state index contributed by atoms with van der Waals surface area (Å²) in [4.78, 5) is 24.7. The Labute approximate surface area is 205 Å². The Balaban J connectivity index is 1.91. The molecule has 0 aliphatic rings. The Morgan fingerprint density at radius 2 is 1.86 bits per heavy atom. The Morgan fingerprint density at radius 3 is 2.54 bits per heavy atom. The second kappa shape index (κ2) is 11.9. The van der Waals surface area contributed by atoms with Gasteiger partial charge >= 0.3 is 0 Å². The summed E-state index contributed by atoms with van der Waals surface area (Å²) in [5, 5.41) is 9.87. The number of ether oxygens (including phenoxy) is 2. The highest BCUT2D eigenvalue weighted by molar-refractivity contribution is 6.04. The molecule has 0 radical (unpaired) electrons. The van der Waals surface area contributed by atoms with E-state index in [0.717, 1.165) is 16.8 Å². The van der Waals surface area contributed by atoms with E-state index in [0.29, 0.717) is 35.7 Å². The molecule has 3 rings (SSSR count). The van der Waals surface area contributed by atoms with Gasteiger partial charge in [-0.3, -0.25) is 14.3 Å². The molecule has 1 atom stereocenters. The number of carbonyl (C=O) groups is 2. The summed E-state index contributed by atoms with van der Waals surface area (Å²) in [5.41, 5.74) is 3.42. The van der Waals surface area contributed by atoms with Crippen LogP contribution in [-0.4, -0.2) is 41.4 Å². The maximum atomic E-state index is 12.9. The van der Waals surface area contributed by atoms with Crippen molar-refractivity contribution in [3.8, 4) is 17.6 Å². The van der Waals surface area contributed by atoms with E-state index in [1.807, 2.05) is 32.0 Å². The summed E-state index contributed by atoms with van der Waals surface area (Å²) >= 11 is 0. The first-order valence-corrected chi connectivity index (χ1v) is 11.3. The second-order valence-electron chi connectivity index (χ2n) is 8.14. The van der Waals surface area contributed by atoms with E-state index >= 15 is 0 Å². The lowest BCUT2D eigenvalue weighted by Gasteiger charge is -2.15. The SMILES string of the molecule is CCC(=O)Nc1cc(C#Cc2cc(O[C@@H](C)COC)cc(C(=O)Nc3ccn(C)n3)c2)ccc1C. The number of carbonyl (C=O) groups excluding carboxylic acids is 2. The predicted octanol–water partition coefficient (Wildman–Crippen LogP) is 4.14. The van der Waals surface area contributed by atoms with E-state index in [2.05, 4.69) is 27.6 Å². The van der Waals surface area contributed by atoms with Gasteiger partial charge in [0.1, 0.15) is 11.9 Å². The third-order valence-electron chi connectivity index (χ3n) is 5.05. The molecular weight excluding hydrogens is 444 g/mol. The van der Waals surface area contributed by atoms with E-state index in [9.17, 15) is 9.59 Å². The van der Waals surface area contributed by atoms with Crippen molar-refractivity contribution in [1.82, 2.24) is 9.78 Å². The van der Waals surface area contributed by atoms with Crippen molar-refractivity contribution in [2.45, 2.75) is 33.3 Å². The molecule has 1 heterocycles. The van der Waals surface area contributed by atoms with Gasteiger partial charge in [0.05, 0.1) is 6.61 Å². The minimum atomic E-state index is -0.323. The molecule has 0 bridgehead atoms. The average Bonchev–Trinajstić information content (AvgIpc) is 3.23. The fourth-order valence-electron chi connectivity index (χ4n) is 3.26. The van der Waals surface area contributed by atoms with Gasteiger partial charge in [0.25, 0.3) is 5.91 Å². The van der Waals surface area contributed by atoms with Gasteiger partial charge in [-0.15, -0.1) is 0 Å². The molecule has 182 valence electrons. The number of amides is 2. The van der Waals surface area contributed by atoms with Crippen LogP contribution in [0, 0.1) is 18.8 Å². The standard InChI is InChI=1S/C27H30N4O4/c1-6-26(32)28-24-15-20(8-7-18(24)2)9-10-21-13-22(16-23(14-21)35-19(3)17-34-5)27(33)29-25-11-12-31(4)30-25/h7-8,11-16,19H,6,17H2,1-5H3,(H,28,32)(H,29,30,33)/t19-/m0/s1. The number of methoxy groups -OCH3 is 1. The fourth-order valence-corrected chi connectivity index (χ4v) is 3.26. The number of hydrogen-bond donors (Lipinski definition) is 2. The summed E-state index contributed by atoms with van der Waals surface area (Å²) < 4.78 is 12.7. The van der Waals surface area contributed by atoms with Crippen molar-refractivity contribution in [2.24, 2.45) is 7.05 Å². The zero-order valence-corrected chi connectivity index (χ0v) is 20.6. The number of rotatable bonds is 8. The van der Waals surface area contributed by atoms with Gasteiger partial charge in [-0.25, -0.2) is 0 Å². The molecule has 1 aromatic heterocycles. The molecule has 0 aliphatic heterocycles. The lowest BCUT2D eigenvalue weighted by molar-refractivity contribution is -0.115. The Kier molecular flexibility index (Phi) is 8.65. The molecule has 2 aromatic carbocycles. The van der Waals surface area contributed by atoms with Crippen LogP contribution in [0.3, 0.4) is 0 Å². The monoisotopic (exact) mass is 474 g/mol. The lowest BCUT2D eigenvalue weighted by atomic mass is 10.1. The van der Waals surface area contributed by atoms with Crippen LogP contribution in [0.1, 0.15) is 47.3 Å². The number of hydrogen-bond acceptors (Lipinski definition) is 5. The van der Waals surface area contributed by atoms with Crippen molar-refractivity contribution >= 4 is 23.3 Å². The average molecular weight is 475 g/mol. The van der Waals surface area contributed by atoms with Crippen LogP contribution in [0.5, 0.6) is 5.75 Å². The molecule has 0 spiro atoms. The third kappa shape index (κ3) is 7.45. The van der Waals surface area contributed by atoms with E-state index in [-0.39, 0.29) is 17.9 Å². The Morgan fingerprint density at radius 1 is 1.09 bits per heavy atom. The van der Waals surface area contributed by atoms with Crippen LogP contribution < -0.4 is 15.4 Å². The largest absolute Gasteiger partial charge is 0.488 e. The van der Waals surface area contributed by atoms with Crippen LogP contribution in [0.25, 0.3) is 0 Å². The number of anilines is 2. The summed E-state index contributed by atoms with van der Waals surface area (Å²) in [7, 11) is 3.38. The quantitative estimate of drug-likeness (QED) is 0.479. The van der Waals surface area contributed by atoms with Crippen LogP contribution in [0.2, 0.25) is 0 Å². The van der Waals surface area contributed by atoms with E-state index in [1.54, 1.807) is 56.2 Å². The fraction of sp³-hybridized carbons (Fsp3) is 0.296.